The lowest BCUT2D eigenvalue weighted by Gasteiger charge is -2.19. The summed E-state index contributed by atoms with van der Waals surface area (Å²) in [5.74, 6) is 0.276. The Morgan fingerprint density at radius 2 is 1.46 bits per heavy atom. The number of benzene rings is 2. The highest BCUT2D eigenvalue weighted by molar-refractivity contribution is 5.95. The van der Waals surface area contributed by atoms with Crippen molar-refractivity contribution in [3.8, 4) is 5.75 Å². The smallest absolute Gasteiger partial charge is 0.251 e. The first-order valence-corrected chi connectivity index (χ1v) is 8.62. The molecule has 0 aliphatic carbocycles. The Kier molecular flexibility index (Phi) is 6.39. The fourth-order valence-electron chi connectivity index (χ4n) is 2.44. The topological polar surface area (TPSA) is 67.4 Å². The van der Waals surface area contributed by atoms with E-state index in [9.17, 15) is 9.59 Å². The first-order valence-electron chi connectivity index (χ1n) is 8.62. The standard InChI is InChI=1S/C21H26N2O3/c1-21(2,3)17-10-8-15(9-11-17)19(24)22-12-13-23-20(25)16-6-5-7-18(14-16)26-4/h5-11,14H,12-13H2,1-4H3,(H,22,24)(H,23,25). The highest BCUT2D eigenvalue weighted by Gasteiger charge is 2.14. The number of ether oxygens (including phenoxy) is 1. The highest BCUT2D eigenvalue weighted by Crippen LogP contribution is 2.22. The lowest BCUT2D eigenvalue weighted by Crippen LogP contribution is -2.34. The minimum absolute atomic E-state index is 0.0550. The number of carbonyl (C=O) groups is 2. The van der Waals surface area contributed by atoms with E-state index >= 15 is 0 Å². The Morgan fingerprint density at radius 3 is 2.00 bits per heavy atom. The molecule has 0 bridgehead atoms. The number of nitrogens with one attached hydrogen (secondary N) is 2. The zero-order valence-corrected chi connectivity index (χ0v) is 15.8. The van der Waals surface area contributed by atoms with Gasteiger partial charge in [-0.25, -0.2) is 0 Å². The zero-order valence-electron chi connectivity index (χ0n) is 15.8. The third-order valence-corrected chi connectivity index (χ3v) is 4.04. The second kappa shape index (κ2) is 8.52. The monoisotopic (exact) mass is 354 g/mol. The van der Waals surface area contributed by atoms with Gasteiger partial charge >= 0.3 is 0 Å². The van der Waals surface area contributed by atoms with Gasteiger partial charge in [-0.3, -0.25) is 9.59 Å². The average molecular weight is 354 g/mol. The summed E-state index contributed by atoms with van der Waals surface area (Å²) >= 11 is 0. The van der Waals surface area contributed by atoms with E-state index in [4.69, 9.17) is 4.74 Å². The molecule has 0 saturated heterocycles. The minimum Gasteiger partial charge on any atom is -0.497 e. The summed E-state index contributed by atoms with van der Waals surface area (Å²) in [6, 6.07) is 14.5. The predicted molar refractivity (Wildman–Crippen MR) is 103 cm³/mol. The van der Waals surface area contributed by atoms with Gasteiger partial charge in [-0.1, -0.05) is 39.0 Å². The molecule has 0 aromatic heterocycles. The number of carbonyl (C=O) groups excluding carboxylic acids is 2. The molecule has 0 saturated carbocycles. The Labute approximate surface area is 154 Å². The Bertz CT molecular complexity index is 762. The number of hydrogen-bond acceptors (Lipinski definition) is 3. The van der Waals surface area contributed by atoms with Gasteiger partial charge < -0.3 is 15.4 Å². The van der Waals surface area contributed by atoms with Crippen molar-refractivity contribution >= 4 is 11.8 Å². The van der Waals surface area contributed by atoms with Crippen LogP contribution in [-0.4, -0.2) is 32.0 Å². The summed E-state index contributed by atoms with van der Waals surface area (Å²) in [5.41, 5.74) is 2.37. The van der Waals surface area contributed by atoms with Gasteiger partial charge in [0.25, 0.3) is 11.8 Å². The van der Waals surface area contributed by atoms with Crippen LogP contribution in [0.5, 0.6) is 5.75 Å². The molecule has 0 fully saturated rings. The minimum atomic E-state index is -0.201. The van der Waals surface area contributed by atoms with Gasteiger partial charge in [0.1, 0.15) is 5.75 Å². The van der Waals surface area contributed by atoms with E-state index in [0.717, 1.165) is 0 Å². The molecule has 2 rings (SSSR count). The Morgan fingerprint density at radius 1 is 0.885 bits per heavy atom. The second-order valence-corrected chi connectivity index (χ2v) is 7.07. The first kappa shape index (κ1) is 19.5. The van der Waals surface area contributed by atoms with Gasteiger partial charge in [-0.15, -0.1) is 0 Å². The quantitative estimate of drug-likeness (QED) is 0.783. The molecule has 5 heteroatoms. The molecule has 0 aliphatic rings. The fraction of sp³-hybridized carbons (Fsp3) is 0.333. The molecule has 0 radical (unpaired) electrons. The van der Waals surface area contributed by atoms with Crippen molar-refractivity contribution in [2.75, 3.05) is 20.2 Å². The van der Waals surface area contributed by atoms with Crippen LogP contribution in [0.4, 0.5) is 0 Å². The van der Waals surface area contributed by atoms with Crippen LogP contribution in [0, 0.1) is 0 Å². The van der Waals surface area contributed by atoms with Crippen molar-refractivity contribution in [3.63, 3.8) is 0 Å². The summed E-state index contributed by atoms with van der Waals surface area (Å²) in [7, 11) is 1.56. The van der Waals surface area contributed by atoms with E-state index in [1.807, 2.05) is 24.3 Å². The molecule has 0 aliphatic heterocycles. The van der Waals surface area contributed by atoms with Crippen molar-refractivity contribution in [1.82, 2.24) is 10.6 Å². The van der Waals surface area contributed by atoms with Crippen LogP contribution in [0.1, 0.15) is 47.1 Å². The Balaban J connectivity index is 1.80. The maximum absolute atomic E-state index is 12.2. The van der Waals surface area contributed by atoms with Gasteiger partial charge in [0.05, 0.1) is 7.11 Å². The van der Waals surface area contributed by atoms with Crippen LogP contribution < -0.4 is 15.4 Å². The van der Waals surface area contributed by atoms with Crippen molar-refractivity contribution in [2.24, 2.45) is 0 Å². The zero-order chi connectivity index (χ0) is 19.2. The van der Waals surface area contributed by atoms with Crippen LogP contribution in [0.15, 0.2) is 48.5 Å². The molecule has 2 aromatic rings. The van der Waals surface area contributed by atoms with E-state index < -0.39 is 0 Å². The summed E-state index contributed by atoms with van der Waals surface area (Å²) in [6.07, 6.45) is 0. The van der Waals surface area contributed by atoms with E-state index in [1.165, 1.54) is 5.56 Å². The van der Waals surface area contributed by atoms with Crippen LogP contribution in [0.3, 0.4) is 0 Å². The lowest BCUT2D eigenvalue weighted by molar-refractivity contribution is 0.0927. The van der Waals surface area contributed by atoms with Gasteiger partial charge in [0, 0.05) is 24.2 Å². The van der Waals surface area contributed by atoms with Crippen LogP contribution in [0.2, 0.25) is 0 Å². The fourth-order valence-corrected chi connectivity index (χ4v) is 2.44. The number of rotatable bonds is 6. The molecule has 0 unspecified atom stereocenters. The normalized spacial score (nSPS) is 10.9. The summed E-state index contributed by atoms with van der Waals surface area (Å²) < 4.78 is 5.10. The van der Waals surface area contributed by atoms with Gasteiger partial charge in [-0.2, -0.15) is 0 Å². The van der Waals surface area contributed by atoms with Crippen LogP contribution in [0.25, 0.3) is 0 Å². The molecule has 0 spiro atoms. The van der Waals surface area contributed by atoms with Crippen LogP contribution >= 0.6 is 0 Å². The SMILES string of the molecule is COc1cccc(C(=O)NCCNC(=O)c2ccc(C(C)(C)C)cc2)c1. The summed E-state index contributed by atoms with van der Waals surface area (Å²) in [6.45, 7) is 7.10. The lowest BCUT2D eigenvalue weighted by atomic mass is 9.87. The predicted octanol–water partition coefficient (Wildman–Crippen LogP) is 3.15. The molecule has 2 amide bonds. The van der Waals surface area contributed by atoms with E-state index in [1.54, 1.807) is 31.4 Å². The van der Waals surface area contributed by atoms with E-state index in [0.29, 0.717) is 30.0 Å². The maximum atomic E-state index is 12.2. The van der Waals surface area contributed by atoms with E-state index in [2.05, 4.69) is 31.4 Å². The Hall–Kier alpha value is -2.82. The molecule has 0 atom stereocenters. The van der Waals surface area contributed by atoms with Crippen molar-refractivity contribution < 1.29 is 14.3 Å². The number of hydrogen-bond donors (Lipinski definition) is 2. The molecule has 138 valence electrons. The molecule has 5 nitrogen and oxygen atoms in total. The molecule has 0 heterocycles. The van der Waals surface area contributed by atoms with Crippen molar-refractivity contribution in [2.45, 2.75) is 26.2 Å². The summed E-state index contributed by atoms with van der Waals surface area (Å²) in [5, 5.41) is 5.59. The molecule has 2 aromatic carbocycles. The van der Waals surface area contributed by atoms with Crippen LogP contribution in [-0.2, 0) is 5.41 Å². The molecular weight excluding hydrogens is 328 g/mol. The summed E-state index contributed by atoms with van der Waals surface area (Å²) in [4.78, 5) is 24.2. The van der Waals surface area contributed by atoms with Gasteiger partial charge in [0.2, 0.25) is 0 Å². The first-order chi connectivity index (χ1) is 12.3. The van der Waals surface area contributed by atoms with Crippen molar-refractivity contribution in [3.05, 3.63) is 65.2 Å². The van der Waals surface area contributed by atoms with Gasteiger partial charge in [-0.05, 0) is 41.3 Å². The third kappa shape index (κ3) is 5.34. The van der Waals surface area contributed by atoms with Crippen molar-refractivity contribution in [1.29, 1.82) is 0 Å². The average Bonchev–Trinajstić information content (AvgIpc) is 2.64. The molecular formula is C21H26N2O3. The highest BCUT2D eigenvalue weighted by atomic mass is 16.5. The van der Waals surface area contributed by atoms with Gasteiger partial charge in [0.15, 0.2) is 0 Å². The second-order valence-electron chi connectivity index (χ2n) is 7.07. The number of amides is 2. The molecule has 2 N–H and O–H groups in total. The molecule has 26 heavy (non-hydrogen) atoms. The maximum Gasteiger partial charge on any atom is 0.251 e. The largest absolute Gasteiger partial charge is 0.497 e. The third-order valence-electron chi connectivity index (χ3n) is 4.04. The van der Waals surface area contributed by atoms with E-state index in [-0.39, 0.29) is 17.2 Å². The number of methoxy groups -OCH3 is 1.